The number of aliphatic hydroxyl groups excluding tert-OH is 1. The molecule has 1 saturated heterocycles. The lowest BCUT2D eigenvalue weighted by Crippen LogP contribution is -2.63. The third-order valence-electron chi connectivity index (χ3n) is 3.47. The van der Waals surface area contributed by atoms with Crippen LogP contribution in [0, 0.1) is 5.41 Å². The van der Waals surface area contributed by atoms with Crippen molar-refractivity contribution in [1.29, 1.82) is 0 Å². The van der Waals surface area contributed by atoms with Gasteiger partial charge in [-0.1, -0.05) is 25.1 Å². The highest BCUT2D eigenvalue weighted by molar-refractivity contribution is 6.20. The molecule has 0 atom stereocenters. The highest BCUT2D eigenvalue weighted by atomic mass is 16.3. The second-order valence-corrected chi connectivity index (χ2v) is 4.61. The van der Waals surface area contributed by atoms with Crippen LogP contribution in [0.2, 0.25) is 0 Å². The molecule has 0 aromatic heterocycles. The van der Waals surface area contributed by atoms with E-state index < -0.39 is 17.2 Å². The van der Waals surface area contributed by atoms with Crippen LogP contribution in [0.5, 0.6) is 0 Å². The zero-order valence-electron chi connectivity index (χ0n) is 11.2. The lowest BCUT2D eigenvalue weighted by atomic mass is 9.79. The number of rotatable bonds is 4. The van der Waals surface area contributed by atoms with E-state index in [0.29, 0.717) is 12.1 Å². The topological polar surface area (TPSA) is 90.8 Å². The number of hydrogen-bond donors (Lipinski definition) is 3. The standard InChI is InChI=1S/C14H17N3O3/c1-2-14(8-9-18)11(19)16-13(17-12(14)20)15-10-6-4-3-5-7-10/h3-7,18H,2,8-9H2,1H3,(H2,15,16,17,19,20). The summed E-state index contributed by atoms with van der Waals surface area (Å²) in [6, 6.07) is 9.01. The van der Waals surface area contributed by atoms with E-state index in [1.54, 1.807) is 19.1 Å². The van der Waals surface area contributed by atoms with Crippen LogP contribution in [-0.2, 0) is 9.59 Å². The van der Waals surface area contributed by atoms with Gasteiger partial charge in [0.15, 0.2) is 0 Å². The molecule has 1 aromatic carbocycles. The van der Waals surface area contributed by atoms with Crippen molar-refractivity contribution in [1.82, 2.24) is 10.6 Å². The maximum atomic E-state index is 12.2. The number of carbonyl (C=O) groups excluding carboxylic acids is 2. The van der Waals surface area contributed by atoms with Crippen molar-refractivity contribution in [3.8, 4) is 0 Å². The summed E-state index contributed by atoms with van der Waals surface area (Å²) in [4.78, 5) is 28.5. The SMILES string of the molecule is CCC1(CCO)C(=O)NC(=Nc2ccccc2)NC1=O. The molecule has 0 bridgehead atoms. The van der Waals surface area contributed by atoms with Gasteiger partial charge in [0.2, 0.25) is 17.8 Å². The predicted molar refractivity (Wildman–Crippen MR) is 74.2 cm³/mol. The molecule has 6 heteroatoms. The van der Waals surface area contributed by atoms with Gasteiger partial charge in [-0.05, 0) is 25.0 Å². The maximum absolute atomic E-state index is 12.2. The number of aliphatic hydroxyl groups is 1. The molecule has 3 N–H and O–H groups in total. The molecule has 1 aliphatic rings. The number of carbonyl (C=O) groups is 2. The molecule has 1 heterocycles. The first kappa shape index (κ1) is 14.2. The molecule has 2 amide bonds. The normalized spacial score (nSPS) is 22.2. The van der Waals surface area contributed by atoms with Gasteiger partial charge in [-0.25, -0.2) is 4.99 Å². The first-order valence-electron chi connectivity index (χ1n) is 6.50. The van der Waals surface area contributed by atoms with Gasteiger partial charge in [0.05, 0.1) is 5.69 Å². The molecule has 20 heavy (non-hydrogen) atoms. The van der Waals surface area contributed by atoms with Gasteiger partial charge in [-0.3, -0.25) is 20.2 Å². The Morgan fingerprint density at radius 1 is 1.15 bits per heavy atom. The lowest BCUT2D eigenvalue weighted by Gasteiger charge is -2.33. The summed E-state index contributed by atoms with van der Waals surface area (Å²) in [5.74, 6) is -0.729. The van der Waals surface area contributed by atoms with Crippen LogP contribution in [-0.4, -0.2) is 29.5 Å². The monoisotopic (exact) mass is 275 g/mol. The average molecular weight is 275 g/mol. The third kappa shape index (κ3) is 2.55. The van der Waals surface area contributed by atoms with Gasteiger partial charge < -0.3 is 5.11 Å². The van der Waals surface area contributed by atoms with Gasteiger partial charge in [0.1, 0.15) is 5.41 Å². The molecule has 0 spiro atoms. The average Bonchev–Trinajstić information content (AvgIpc) is 2.44. The summed E-state index contributed by atoms with van der Waals surface area (Å²) in [7, 11) is 0. The zero-order valence-corrected chi connectivity index (χ0v) is 11.2. The Labute approximate surface area is 116 Å². The zero-order chi connectivity index (χ0) is 14.6. The highest BCUT2D eigenvalue weighted by Crippen LogP contribution is 2.29. The summed E-state index contributed by atoms with van der Waals surface area (Å²) < 4.78 is 0. The van der Waals surface area contributed by atoms with Crippen LogP contribution >= 0.6 is 0 Å². The van der Waals surface area contributed by atoms with Crippen molar-refractivity contribution in [3.05, 3.63) is 30.3 Å². The van der Waals surface area contributed by atoms with E-state index in [4.69, 9.17) is 5.11 Å². The summed E-state index contributed by atoms with van der Waals surface area (Å²) >= 11 is 0. The van der Waals surface area contributed by atoms with E-state index >= 15 is 0 Å². The molecular formula is C14H17N3O3. The minimum atomic E-state index is -1.22. The Hall–Kier alpha value is -2.21. The van der Waals surface area contributed by atoms with Crippen LogP contribution in [0.3, 0.4) is 0 Å². The van der Waals surface area contributed by atoms with Gasteiger partial charge in [-0.2, -0.15) is 0 Å². The molecule has 1 fully saturated rings. The second-order valence-electron chi connectivity index (χ2n) is 4.61. The van der Waals surface area contributed by atoms with E-state index in [0.717, 1.165) is 0 Å². The van der Waals surface area contributed by atoms with Crippen molar-refractivity contribution in [2.45, 2.75) is 19.8 Å². The highest BCUT2D eigenvalue weighted by Gasteiger charge is 2.47. The smallest absolute Gasteiger partial charge is 0.242 e. The van der Waals surface area contributed by atoms with Crippen LogP contribution < -0.4 is 10.6 Å². The molecule has 0 saturated carbocycles. The number of aliphatic imine (C=N–C) groups is 1. The first-order chi connectivity index (χ1) is 9.62. The fraction of sp³-hybridized carbons (Fsp3) is 0.357. The molecular weight excluding hydrogens is 258 g/mol. The van der Waals surface area contributed by atoms with Crippen LogP contribution in [0.25, 0.3) is 0 Å². The van der Waals surface area contributed by atoms with E-state index in [1.807, 2.05) is 18.2 Å². The Morgan fingerprint density at radius 3 is 2.25 bits per heavy atom. The predicted octanol–water partition coefficient (Wildman–Crippen LogP) is 0.699. The van der Waals surface area contributed by atoms with E-state index in [9.17, 15) is 9.59 Å². The number of benzene rings is 1. The largest absolute Gasteiger partial charge is 0.396 e. The number of hydrogen-bond acceptors (Lipinski definition) is 4. The Morgan fingerprint density at radius 2 is 1.75 bits per heavy atom. The van der Waals surface area contributed by atoms with Crippen molar-refractivity contribution in [3.63, 3.8) is 0 Å². The Bertz CT molecular complexity index is 520. The fourth-order valence-electron chi connectivity index (χ4n) is 2.19. The molecule has 2 rings (SSSR count). The number of nitrogens with zero attached hydrogens (tertiary/aromatic N) is 1. The molecule has 6 nitrogen and oxygen atoms in total. The number of nitrogens with one attached hydrogen (secondary N) is 2. The molecule has 0 unspecified atom stereocenters. The minimum absolute atomic E-state index is 0.0970. The number of guanidine groups is 1. The number of amides is 2. The van der Waals surface area contributed by atoms with Gasteiger partial charge >= 0.3 is 0 Å². The van der Waals surface area contributed by atoms with Gasteiger partial charge in [0, 0.05) is 6.61 Å². The second kappa shape index (κ2) is 5.83. The van der Waals surface area contributed by atoms with Crippen molar-refractivity contribution in [2.75, 3.05) is 6.61 Å². The van der Waals surface area contributed by atoms with Crippen molar-refractivity contribution >= 4 is 23.5 Å². The van der Waals surface area contributed by atoms with Gasteiger partial charge in [0.25, 0.3) is 0 Å². The summed E-state index contributed by atoms with van der Waals surface area (Å²) in [6.07, 6.45) is 0.420. The fourth-order valence-corrected chi connectivity index (χ4v) is 2.19. The maximum Gasteiger partial charge on any atom is 0.242 e. The molecule has 1 aliphatic heterocycles. The Balaban J connectivity index is 2.24. The molecule has 0 radical (unpaired) electrons. The van der Waals surface area contributed by atoms with E-state index in [-0.39, 0.29) is 19.0 Å². The van der Waals surface area contributed by atoms with Crippen molar-refractivity contribution < 1.29 is 14.7 Å². The first-order valence-corrected chi connectivity index (χ1v) is 6.50. The summed E-state index contributed by atoms with van der Waals surface area (Å²) in [5.41, 5.74) is -0.584. The van der Waals surface area contributed by atoms with Crippen LogP contribution in [0.4, 0.5) is 5.69 Å². The molecule has 1 aromatic rings. The Kier molecular flexibility index (Phi) is 4.14. The van der Waals surface area contributed by atoms with Crippen LogP contribution in [0.1, 0.15) is 19.8 Å². The lowest BCUT2D eigenvalue weighted by molar-refractivity contribution is -0.145. The van der Waals surface area contributed by atoms with E-state index in [1.165, 1.54) is 0 Å². The quantitative estimate of drug-likeness (QED) is 0.706. The molecule has 0 aliphatic carbocycles. The number of para-hydroxylation sites is 1. The minimum Gasteiger partial charge on any atom is -0.396 e. The summed E-state index contributed by atoms with van der Waals surface area (Å²) in [5, 5.41) is 14.2. The van der Waals surface area contributed by atoms with Crippen molar-refractivity contribution in [2.24, 2.45) is 10.4 Å². The molecule has 106 valence electrons. The summed E-state index contributed by atoms with van der Waals surface area (Å²) in [6.45, 7) is 1.52. The van der Waals surface area contributed by atoms with Gasteiger partial charge in [-0.15, -0.1) is 0 Å². The third-order valence-corrected chi connectivity index (χ3v) is 3.47. The van der Waals surface area contributed by atoms with Crippen LogP contribution in [0.15, 0.2) is 35.3 Å². The van der Waals surface area contributed by atoms with E-state index in [2.05, 4.69) is 15.6 Å².